The molecular weight excluding hydrogens is 234 g/mol. The fourth-order valence-electron chi connectivity index (χ4n) is 1.96. The van der Waals surface area contributed by atoms with Crippen molar-refractivity contribution in [1.29, 1.82) is 0 Å². The molecule has 1 aliphatic heterocycles. The highest BCUT2D eigenvalue weighted by Crippen LogP contribution is 2.02. The van der Waals surface area contributed by atoms with Gasteiger partial charge in [0.2, 0.25) is 0 Å². The number of nitrogens with zero attached hydrogens (tertiary/aromatic N) is 2. The van der Waals surface area contributed by atoms with E-state index in [9.17, 15) is 9.59 Å². The van der Waals surface area contributed by atoms with Gasteiger partial charge in [0.1, 0.15) is 6.54 Å². The summed E-state index contributed by atoms with van der Waals surface area (Å²) < 4.78 is 4.75. The summed E-state index contributed by atoms with van der Waals surface area (Å²) in [6.07, 6.45) is 1.13. The summed E-state index contributed by atoms with van der Waals surface area (Å²) in [5.74, 6) is -0.393. The summed E-state index contributed by atoms with van der Waals surface area (Å²) >= 11 is 0. The molecule has 0 aromatic carbocycles. The first-order valence-electron chi connectivity index (χ1n) is 6.58. The normalized spacial score (nSPS) is 16.4. The van der Waals surface area contributed by atoms with E-state index in [0.717, 1.165) is 26.1 Å². The average molecular weight is 257 g/mol. The average Bonchev–Trinajstić information content (AvgIpc) is 2.37. The molecule has 0 aliphatic carbocycles. The molecule has 2 amide bonds. The minimum atomic E-state index is -0.393. The van der Waals surface area contributed by atoms with E-state index in [1.807, 2.05) is 0 Å². The van der Waals surface area contributed by atoms with Crippen LogP contribution in [0.4, 0.5) is 4.79 Å². The standard InChI is InChI=1S/C12H23N3O3/c1-3-5-14-6-8-15(9-7-14)12(17)13-10-11(16)18-4-2/h3-10H2,1-2H3,(H,13,17). The van der Waals surface area contributed by atoms with Gasteiger partial charge >= 0.3 is 12.0 Å². The molecule has 0 saturated carbocycles. The molecule has 0 aromatic rings. The second-order valence-electron chi connectivity index (χ2n) is 4.29. The second-order valence-corrected chi connectivity index (χ2v) is 4.29. The number of carbonyl (C=O) groups is 2. The van der Waals surface area contributed by atoms with Gasteiger partial charge in [0.15, 0.2) is 0 Å². The first kappa shape index (κ1) is 14.8. The lowest BCUT2D eigenvalue weighted by molar-refractivity contribution is -0.141. The Balaban J connectivity index is 2.21. The van der Waals surface area contributed by atoms with Gasteiger partial charge in [0.05, 0.1) is 6.61 Å². The van der Waals surface area contributed by atoms with Crippen molar-refractivity contribution in [1.82, 2.24) is 15.1 Å². The van der Waals surface area contributed by atoms with Gasteiger partial charge in [-0.1, -0.05) is 6.92 Å². The molecule has 1 fully saturated rings. The summed E-state index contributed by atoms with van der Waals surface area (Å²) in [7, 11) is 0. The van der Waals surface area contributed by atoms with Gasteiger partial charge in [-0.25, -0.2) is 4.79 Å². The van der Waals surface area contributed by atoms with Crippen molar-refractivity contribution in [2.24, 2.45) is 0 Å². The number of carbonyl (C=O) groups excluding carboxylic acids is 2. The molecule has 6 heteroatoms. The maximum atomic E-state index is 11.8. The molecular formula is C12H23N3O3. The van der Waals surface area contributed by atoms with E-state index in [4.69, 9.17) is 4.74 Å². The Morgan fingerprint density at radius 2 is 1.83 bits per heavy atom. The fourth-order valence-corrected chi connectivity index (χ4v) is 1.96. The largest absolute Gasteiger partial charge is 0.465 e. The van der Waals surface area contributed by atoms with Crippen LogP contribution in [0.2, 0.25) is 0 Å². The summed E-state index contributed by atoms with van der Waals surface area (Å²) in [5, 5.41) is 2.58. The molecule has 1 rings (SSSR count). The molecule has 1 aliphatic rings. The zero-order valence-corrected chi connectivity index (χ0v) is 11.3. The monoisotopic (exact) mass is 257 g/mol. The van der Waals surface area contributed by atoms with Crippen LogP contribution in [-0.4, -0.2) is 67.7 Å². The fraction of sp³-hybridized carbons (Fsp3) is 0.833. The second kappa shape index (κ2) is 7.92. The van der Waals surface area contributed by atoms with Crippen LogP contribution >= 0.6 is 0 Å². The predicted octanol–water partition coefficient (Wildman–Crippen LogP) is 0.287. The van der Waals surface area contributed by atoms with Crippen LogP contribution in [-0.2, 0) is 9.53 Å². The maximum Gasteiger partial charge on any atom is 0.325 e. The first-order chi connectivity index (χ1) is 8.67. The Bertz CT molecular complexity index is 276. The molecule has 6 nitrogen and oxygen atoms in total. The van der Waals surface area contributed by atoms with Crippen molar-refractivity contribution < 1.29 is 14.3 Å². The Hall–Kier alpha value is -1.30. The van der Waals surface area contributed by atoms with Gasteiger partial charge in [-0.15, -0.1) is 0 Å². The van der Waals surface area contributed by atoms with Gasteiger partial charge in [0, 0.05) is 26.2 Å². The van der Waals surface area contributed by atoms with Crippen molar-refractivity contribution in [3.05, 3.63) is 0 Å². The third-order valence-corrected chi connectivity index (χ3v) is 2.89. The van der Waals surface area contributed by atoms with Gasteiger partial charge in [-0.3, -0.25) is 9.69 Å². The third kappa shape index (κ3) is 4.91. The van der Waals surface area contributed by atoms with Gasteiger partial charge < -0.3 is 15.0 Å². The predicted molar refractivity (Wildman–Crippen MR) is 68.3 cm³/mol. The van der Waals surface area contributed by atoms with E-state index in [-0.39, 0.29) is 12.6 Å². The van der Waals surface area contributed by atoms with E-state index >= 15 is 0 Å². The van der Waals surface area contributed by atoms with E-state index in [1.54, 1.807) is 11.8 Å². The topological polar surface area (TPSA) is 61.9 Å². The van der Waals surface area contributed by atoms with Crippen LogP contribution in [0.15, 0.2) is 0 Å². The number of rotatable bonds is 5. The number of hydrogen-bond donors (Lipinski definition) is 1. The summed E-state index contributed by atoms with van der Waals surface area (Å²) in [5.41, 5.74) is 0. The lowest BCUT2D eigenvalue weighted by Gasteiger charge is -2.34. The Morgan fingerprint density at radius 3 is 2.39 bits per heavy atom. The van der Waals surface area contributed by atoms with Crippen LogP contribution in [0.25, 0.3) is 0 Å². The number of ether oxygens (including phenoxy) is 1. The van der Waals surface area contributed by atoms with Crippen LogP contribution in [0.5, 0.6) is 0 Å². The number of esters is 1. The van der Waals surface area contributed by atoms with Crippen molar-refractivity contribution in [2.45, 2.75) is 20.3 Å². The molecule has 1 saturated heterocycles. The summed E-state index contributed by atoms with van der Waals surface area (Å²) in [6, 6.07) is -0.181. The summed E-state index contributed by atoms with van der Waals surface area (Å²) in [4.78, 5) is 26.9. The molecule has 0 spiro atoms. The molecule has 1 heterocycles. The van der Waals surface area contributed by atoms with Crippen molar-refractivity contribution >= 4 is 12.0 Å². The quantitative estimate of drug-likeness (QED) is 0.719. The number of amides is 2. The highest BCUT2D eigenvalue weighted by atomic mass is 16.5. The van der Waals surface area contributed by atoms with Crippen molar-refractivity contribution in [3.63, 3.8) is 0 Å². The number of hydrogen-bond acceptors (Lipinski definition) is 4. The number of urea groups is 1. The molecule has 0 aromatic heterocycles. The van der Waals surface area contributed by atoms with E-state index < -0.39 is 5.97 Å². The van der Waals surface area contributed by atoms with Gasteiger partial charge in [-0.2, -0.15) is 0 Å². The van der Waals surface area contributed by atoms with E-state index in [0.29, 0.717) is 19.7 Å². The Morgan fingerprint density at radius 1 is 1.17 bits per heavy atom. The third-order valence-electron chi connectivity index (χ3n) is 2.89. The minimum absolute atomic E-state index is 0.0537. The zero-order chi connectivity index (χ0) is 13.4. The SMILES string of the molecule is CCCN1CCN(C(=O)NCC(=O)OCC)CC1. The minimum Gasteiger partial charge on any atom is -0.465 e. The molecule has 0 radical (unpaired) electrons. The zero-order valence-electron chi connectivity index (χ0n) is 11.3. The molecule has 18 heavy (non-hydrogen) atoms. The first-order valence-corrected chi connectivity index (χ1v) is 6.58. The van der Waals surface area contributed by atoms with Crippen molar-refractivity contribution in [3.8, 4) is 0 Å². The lowest BCUT2D eigenvalue weighted by atomic mass is 10.3. The van der Waals surface area contributed by atoms with E-state index in [1.165, 1.54) is 0 Å². The number of piperazine rings is 1. The Kier molecular flexibility index (Phi) is 6.49. The smallest absolute Gasteiger partial charge is 0.325 e. The highest BCUT2D eigenvalue weighted by molar-refractivity contribution is 5.80. The molecule has 0 unspecified atom stereocenters. The Labute approximate surface area is 108 Å². The number of nitrogens with one attached hydrogen (secondary N) is 1. The molecule has 0 bridgehead atoms. The van der Waals surface area contributed by atoms with Crippen LogP contribution < -0.4 is 5.32 Å². The summed E-state index contributed by atoms with van der Waals surface area (Å²) in [6.45, 7) is 8.50. The maximum absolute atomic E-state index is 11.8. The van der Waals surface area contributed by atoms with Crippen LogP contribution in [0.1, 0.15) is 20.3 Å². The van der Waals surface area contributed by atoms with Gasteiger partial charge in [-0.05, 0) is 19.9 Å². The van der Waals surface area contributed by atoms with Crippen molar-refractivity contribution in [2.75, 3.05) is 45.9 Å². The van der Waals surface area contributed by atoms with Crippen LogP contribution in [0, 0.1) is 0 Å². The molecule has 104 valence electrons. The van der Waals surface area contributed by atoms with E-state index in [2.05, 4.69) is 17.1 Å². The van der Waals surface area contributed by atoms with Gasteiger partial charge in [0.25, 0.3) is 0 Å². The van der Waals surface area contributed by atoms with Crippen LogP contribution in [0.3, 0.4) is 0 Å². The molecule has 0 atom stereocenters. The highest BCUT2D eigenvalue weighted by Gasteiger charge is 2.20. The molecule has 1 N–H and O–H groups in total. The lowest BCUT2D eigenvalue weighted by Crippen LogP contribution is -2.52.